The van der Waals surface area contributed by atoms with E-state index in [1.54, 1.807) is 41.4 Å². The largest absolute Gasteiger partial charge is 0.394 e. The van der Waals surface area contributed by atoms with Crippen LogP contribution in [0.25, 0.3) is 10.6 Å². The molecule has 0 aliphatic carbocycles. The summed E-state index contributed by atoms with van der Waals surface area (Å²) in [6.07, 6.45) is 1.57. The number of rotatable bonds is 5. The Morgan fingerprint density at radius 3 is 2.95 bits per heavy atom. The minimum atomic E-state index is -0.267. The van der Waals surface area contributed by atoms with Gasteiger partial charge in [0.2, 0.25) is 0 Å². The first-order valence-corrected chi connectivity index (χ1v) is 7.59. The first kappa shape index (κ1) is 14.5. The van der Waals surface area contributed by atoms with Gasteiger partial charge in [-0.3, -0.25) is 9.48 Å². The topological polar surface area (TPSA) is 85.0 Å². The van der Waals surface area contributed by atoms with E-state index in [4.69, 9.17) is 5.11 Å². The summed E-state index contributed by atoms with van der Waals surface area (Å²) in [4.78, 5) is 13.3. The van der Waals surface area contributed by atoms with Gasteiger partial charge in [0.05, 0.1) is 18.0 Å². The van der Waals surface area contributed by atoms with E-state index in [0.717, 1.165) is 10.6 Å². The Balaban J connectivity index is 1.89. The van der Waals surface area contributed by atoms with Crippen LogP contribution in [-0.2, 0) is 13.6 Å². The smallest absolute Gasteiger partial charge is 0.275 e. The van der Waals surface area contributed by atoms with Crippen LogP contribution in [0.15, 0.2) is 35.8 Å². The van der Waals surface area contributed by atoms with Crippen LogP contribution in [0.1, 0.15) is 10.5 Å². The monoisotopic (exact) mass is 317 g/mol. The van der Waals surface area contributed by atoms with Crippen molar-refractivity contribution in [1.82, 2.24) is 19.6 Å². The number of nitrogens with zero attached hydrogens (tertiary/aromatic N) is 4. The molecule has 0 bridgehead atoms. The van der Waals surface area contributed by atoms with Gasteiger partial charge in [-0.25, -0.2) is 4.68 Å². The molecular formula is C14H15N5O2S. The van der Waals surface area contributed by atoms with Crippen LogP contribution in [0.4, 0.5) is 5.82 Å². The molecule has 0 aliphatic heterocycles. The van der Waals surface area contributed by atoms with Gasteiger partial charge in [0.15, 0.2) is 0 Å². The van der Waals surface area contributed by atoms with E-state index in [1.807, 2.05) is 17.5 Å². The molecule has 3 aromatic heterocycles. The highest BCUT2D eigenvalue weighted by molar-refractivity contribution is 7.13. The predicted octanol–water partition coefficient (Wildman–Crippen LogP) is 1.59. The molecule has 3 heterocycles. The highest BCUT2D eigenvalue weighted by Crippen LogP contribution is 2.26. The third kappa shape index (κ3) is 2.78. The second kappa shape index (κ2) is 6.12. The van der Waals surface area contributed by atoms with Crippen molar-refractivity contribution >= 4 is 23.1 Å². The highest BCUT2D eigenvalue weighted by atomic mass is 32.1. The summed E-state index contributed by atoms with van der Waals surface area (Å²) in [5.74, 6) is 0.278. The molecule has 0 atom stereocenters. The first-order chi connectivity index (χ1) is 10.7. The SMILES string of the molecule is Cn1nccc1C(=O)Nc1cc(-c2cccs2)nn1CCO. The number of aliphatic hydroxyl groups is 1. The van der Waals surface area contributed by atoms with E-state index in [0.29, 0.717) is 18.1 Å². The maximum Gasteiger partial charge on any atom is 0.275 e. The number of carbonyl (C=O) groups is 1. The standard InChI is InChI=1S/C14H15N5O2S/c1-18-11(4-5-15-18)14(21)16-13-9-10(12-3-2-8-22-12)17-19(13)6-7-20/h2-5,8-9,20H,6-7H2,1H3,(H,16,21). The summed E-state index contributed by atoms with van der Waals surface area (Å²) in [6, 6.07) is 7.35. The third-order valence-electron chi connectivity index (χ3n) is 3.16. The zero-order valence-corrected chi connectivity index (χ0v) is 12.7. The number of carbonyl (C=O) groups excluding carboxylic acids is 1. The second-order valence-corrected chi connectivity index (χ2v) is 5.58. The summed E-state index contributed by atoms with van der Waals surface area (Å²) in [7, 11) is 1.71. The molecule has 8 heteroatoms. The Morgan fingerprint density at radius 1 is 1.45 bits per heavy atom. The predicted molar refractivity (Wildman–Crippen MR) is 83.8 cm³/mol. The van der Waals surface area contributed by atoms with Crippen LogP contribution in [-0.4, -0.2) is 37.2 Å². The van der Waals surface area contributed by atoms with Crippen LogP contribution in [0.3, 0.4) is 0 Å². The number of aryl methyl sites for hydroxylation is 1. The molecule has 7 nitrogen and oxygen atoms in total. The number of hydrogen-bond donors (Lipinski definition) is 2. The van der Waals surface area contributed by atoms with E-state index in [1.165, 1.54) is 4.68 Å². The molecule has 2 N–H and O–H groups in total. The summed E-state index contributed by atoms with van der Waals surface area (Å²) in [5.41, 5.74) is 1.22. The Bertz CT molecular complexity index is 775. The molecule has 0 spiro atoms. The number of aromatic nitrogens is 4. The maximum absolute atomic E-state index is 12.3. The second-order valence-electron chi connectivity index (χ2n) is 4.63. The number of amides is 1. The summed E-state index contributed by atoms with van der Waals surface area (Å²) >= 11 is 1.57. The van der Waals surface area contributed by atoms with Crippen LogP contribution in [0.5, 0.6) is 0 Å². The third-order valence-corrected chi connectivity index (χ3v) is 4.05. The lowest BCUT2D eigenvalue weighted by Gasteiger charge is -2.07. The molecule has 0 unspecified atom stereocenters. The van der Waals surface area contributed by atoms with E-state index in [2.05, 4.69) is 15.5 Å². The van der Waals surface area contributed by atoms with Crippen LogP contribution < -0.4 is 5.32 Å². The fraction of sp³-hybridized carbons (Fsp3) is 0.214. The minimum absolute atomic E-state index is 0.0554. The Labute approximate surface area is 130 Å². The normalized spacial score (nSPS) is 10.8. The fourth-order valence-electron chi connectivity index (χ4n) is 2.10. The zero-order chi connectivity index (χ0) is 15.5. The van der Waals surface area contributed by atoms with Gasteiger partial charge < -0.3 is 10.4 Å². The average Bonchev–Trinajstić information content (AvgIpc) is 3.20. The molecule has 22 heavy (non-hydrogen) atoms. The van der Waals surface area contributed by atoms with E-state index >= 15 is 0 Å². The van der Waals surface area contributed by atoms with E-state index < -0.39 is 0 Å². The summed E-state index contributed by atoms with van der Waals surface area (Å²) < 4.78 is 3.09. The summed E-state index contributed by atoms with van der Waals surface area (Å²) in [6.45, 7) is 0.256. The van der Waals surface area contributed by atoms with E-state index in [-0.39, 0.29) is 12.5 Å². The van der Waals surface area contributed by atoms with Crippen LogP contribution >= 0.6 is 11.3 Å². The molecule has 0 saturated heterocycles. The van der Waals surface area contributed by atoms with Crippen molar-refractivity contribution in [3.05, 3.63) is 41.5 Å². The van der Waals surface area contributed by atoms with Crippen molar-refractivity contribution < 1.29 is 9.90 Å². The van der Waals surface area contributed by atoms with Gasteiger partial charge in [0, 0.05) is 19.3 Å². The number of nitrogens with one attached hydrogen (secondary N) is 1. The number of hydrogen-bond acceptors (Lipinski definition) is 5. The van der Waals surface area contributed by atoms with Crippen LogP contribution in [0, 0.1) is 0 Å². The summed E-state index contributed by atoms with van der Waals surface area (Å²) in [5, 5.41) is 22.4. The molecule has 3 rings (SSSR count). The molecular weight excluding hydrogens is 302 g/mol. The quantitative estimate of drug-likeness (QED) is 0.748. The lowest BCUT2D eigenvalue weighted by molar-refractivity contribution is 0.101. The average molecular weight is 317 g/mol. The van der Waals surface area contributed by atoms with Gasteiger partial charge in [-0.05, 0) is 17.5 Å². The number of aliphatic hydroxyl groups excluding tert-OH is 1. The van der Waals surface area contributed by atoms with Crippen molar-refractivity contribution in [3.8, 4) is 10.6 Å². The number of thiophene rings is 1. The van der Waals surface area contributed by atoms with Crippen molar-refractivity contribution in [2.45, 2.75) is 6.54 Å². The molecule has 3 aromatic rings. The van der Waals surface area contributed by atoms with Gasteiger partial charge in [0.25, 0.3) is 5.91 Å². The molecule has 0 radical (unpaired) electrons. The molecule has 0 saturated carbocycles. The van der Waals surface area contributed by atoms with Gasteiger partial charge >= 0.3 is 0 Å². The van der Waals surface area contributed by atoms with Crippen molar-refractivity contribution in [2.24, 2.45) is 7.05 Å². The lowest BCUT2D eigenvalue weighted by Crippen LogP contribution is -2.19. The van der Waals surface area contributed by atoms with Gasteiger partial charge in [-0.1, -0.05) is 6.07 Å². The molecule has 114 valence electrons. The molecule has 0 aliphatic rings. The molecule has 1 amide bonds. The Kier molecular flexibility index (Phi) is 4.03. The van der Waals surface area contributed by atoms with Gasteiger partial charge in [-0.2, -0.15) is 10.2 Å². The Morgan fingerprint density at radius 2 is 2.32 bits per heavy atom. The van der Waals surface area contributed by atoms with Crippen molar-refractivity contribution in [1.29, 1.82) is 0 Å². The minimum Gasteiger partial charge on any atom is -0.394 e. The fourth-order valence-corrected chi connectivity index (χ4v) is 2.79. The Hall–Kier alpha value is -2.45. The van der Waals surface area contributed by atoms with Gasteiger partial charge in [-0.15, -0.1) is 11.3 Å². The zero-order valence-electron chi connectivity index (χ0n) is 11.9. The lowest BCUT2D eigenvalue weighted by atomic mass is 10.3. The van der Waals surface area contributed by atoms with E-state index in [9.17, 15) is 4.79 Å². The van der Waals surface area contributed by atoms with Gasteiger partial charge in [0.1, 0.15) is 17.2 Å². The maximum atomic E-state index is 12.3. The number of anilines is 1. The molecule has 0 aromatic carbocycles. The van der Waals surface area contributed by atoms with Crippen LogP contribution in [0.2, 0.25) is 0 Å². The molecule has 0 fully saturated rings. The van der Waals surface area contributed by atoms with Crippen molar-refractivity contribution in [2.75, 3.05) is 11.9 Å². The highest BCUT2D eigenvalue weighted by Gasteiger charge is 2.15. The first-order valence-electron chi connectivity index (χ1n) is 6.71. The van der Waals surface area contributed by atoms with Crippen molar-refractivity contribution in [3.63, 3.8) is 0 Å².